The summed E-state index contributed by atoms with van der Waals surface area (Å²) >= 11 is 0. The van der Waals surface area contributed by atoms with Gasteiger partial charge in [-0.1, -0.05) is 38.3 Å². The molecular formula is C16H25BrN2O. The van der Waals surface area contributed by atoms with Crippen LogP contribution < -0.4 is 9.64 Å². The molecule has 0 amide bonds. The Labute approximate surface area is 133 Å². The highest BCUT2D eigenvalue weighted by Crippen LogP contribution is 2.29. The quantitative estimate of drug-likeness (QED) is 0.684. The number of hydrogen-bond donors (Lipinski definition) is 0. The first-order chi connectivity index (χ1) is 9.35. The molecule has 0 saturated carbocycles. The van der Waals surface area contributed by atoms with Crippen LogP contribution >= 0.6 is 17.0 Å². The third-order valence-electron chi connectivity index (χ3n) is 3.48. The number of para-hydroxylation sites is 2. The third kappa shape index (κ3) is 4.44. The van der Waals surface area contributed by atoms with E-state index in [-0.39, 0.29) is 17.0 Å². The molecule has 0 N–H and O–H groups in total. The molecule has 4 heteroatoms. The Bertz CT molecular complexity index is 423. The minimum atomic E-state index is 0. The van der Waals surface area contributed by atoms with Crippen LogP contribution in [0.2, 0.25) is 0 Å². The summed E-state index contributed by atoms with van der Waals surface area (Å²) in [5, 5.41) is 0. The molecule has 0 saturated heterocycles. The zero-order valence-corrected chi connectivity index (χ0v) is 14.1. The molecule has 1 aliphatic heterocycles. The van der Waals surface area contributed by atoms with Gasteiger partial charge in [-0.3, -0.25) is 0 Å². The van der Waals surface area contributed by atoms with Gasteiger partial charge >= 0.3 is 0 Å². The van der Waals surface area contributed by atoms with Gasteiger partial charge in [0.15, 0.2) is 0 Å². The number of methoxy groups -OCH3 is 1. The van der Waals surface area contributed by atoms with E-state index in [0.717, 1.165) is 24.7 Å². The van der Waals surface area contributed by atoms with Crippen molar-refractivity contribution in [2.45, 2.75) is 32.6 Å². The van der Waals surface area contributed by atoms with Crippen LogP contribution in [0.3, 0.4) is 0 Å². The molecule has 0 aromatic heterocycles. The van der Waals surface area contributed by atoms with Gasteiger partial charge in [0.05, 0.1) is 19.5 Å². The van der Waals surface area contributed by atoms with E-state index in [4.69, 9.17) is 4.74 Å². The maximum Gasteiger partial charge on any atom is 0.142 e. The van der Waals surface area contributed by atoms with Crippen molar-refractivity contribution in [3.05, 3.63) is 36.7 Å². The largest absolute Gasteiger partial charge is 0.495 e. The van der Waals surface area contributed by atoms with Gasteiger partial charge in [-0.05, 0) is 18.6 Å². The monoisotopic (exact) mass is 340 g/mol. The second-order valence-electron chi connectivity index (χ2n) is 4.95. The fraction of sp³-hybridized carbons (Fsp3) is 0.500. The Morgan fingerprint density at radius 3 is 2.65 bits per heavy atom. The molecule has 0 aliphatic carbocycles. The van der Waals surface area contributed by atoms with Crippen molar-refractivity contribution in [2.75, 3.05) is 25.2 Å². The van der Waals surface area contributed by atoms with E-state index in [1.807, 2.05) is 12.1 Å². The van der Waals surface area contributed by atoms with Crippen LogP contribution in [0.1, 0.15) is 32.6 Å². The Balaban J connectivity index is 0.00000200. The van der Waals surface area contributed by atoms with Crippen LogP contribution in [0.4, 0.5) is 5.69 Å². The first-order valence-electron chi connectivity index (χ1n) is 7.17. The van der Waals surface area contributed by atoms with Crippen LogP contribution in [-0.4, -0.2) is 25.2 Å². The first-order valence-corrected chi connectivity index (χ1v) is 7.17. The van der Waals surface area contributed by atoms with Crippen molar-refractivity contribution in [2.24, 2.45) is 0 Å². The number of rotatable bonds is 7. The summed E-state index contributed by atoms with van der Waals surface area (Å²) in [6, 6.07) is 8.16. The highest BCUT2D eigenvalue weighted by Gasteiger charge is 2.16. The summed E-state index contributed by atoms with van der Waals surface area (Å²) in [6.07, 6.45) is 9.56. The normalized spacial score (nSPS) is 13.5. The van der Waals surface area contributed by atoms with Gasteiger partial charge in [-0.25, -0.2) is 0 Å². The Kier molecular flexibility index (Phi) is 7.52. The van der Waals surface area contributed by atoms with Crippen LogP contribution in [-0.2, 0) is 0 Å². The van der Waals surface area contributed by atoms with Crippen molar-refractivity contribution in [3.63, 3.8) is 0 Å². The summed E-state index contributed by atoms with van der Waals surface area (Å²) in [7, 11) is 1.72. The zero-order valence-electron chi connectivity index (χ0n) is 12.4. The van der Waals surface area contributed by atoms with Gasteiger partial charge in [0.2, 0.25) is 0 Å². The van der Waals surface area contributed by atoms with Crippen LogP contribution in [0.15, 0.2) is 36.7 Å². The topological polar surface area (TPSA) is 15.7 Å². The van der Waals surface area contributed by atoms with E-state index in [1.54, 1.807) is 7.11 Å². The lowest BCUT2D eigenvalue weighted by atomic mass is 10.2. The number of anilines is 1. The molecule has 0 bridgehead atoms. The molecular weight excluding hydrogens is 316 g/mol. The third-order valence-corrected chi connectivity index (χ3v) is 3.48. The van der Waals surface area contributed by atoms with Crippen molar-refractivity contribution in [1.82, 2.24) is 4.90 Å². The number of hydrogen-bond acceptors (Lipinski definition) is 3. The number of ether oxygens (including phenoxy) is 1. The zero-order chi connectivity index (χ0) is 13.5. The molecule has 1 aromatic rings. The summed E-state index contributed by atoms with van der Waals surface area (Å²) in [5.74, 6) is 0.931. The average molecular weight is 341 g/mol. The predicted octanol–water partition coefficient (Wildman–Crippen LogP) is 4.40. The first kappa shape index (κ1) is 16.9. The highest BCUT2D eigenvalue weighted by molar-refractivity contribution is 8.93. The standard InChI is InChI=1S/C16H24N2O.BrH/c1-3-4-5-8-11-17-12-13-18(14-17)15-9-6-7-10-16(15)19-2;/h6-7,9-10,12-13H,3-5,8,11,14H2,1-2H3;1H. The highest BCUT2D eigenvalue weighted by atomic mass is 79.9. The minimum Gasteiger partial charge on any atom is -0.495 e. The van der Waals surface area contributed by atoms with Gasteiger partial charge in [0, 0.05) is 18.9 Å². The van der Waals surface area contributed by atoms with Crippen molar-refractivity contribution in [1.29, 1.82) is 0 Å². The van der Waals surface area contributed by atoms with Gasteiger partial charge in [0.25, 0.3) is 0 Å². The molecule has 1 heterocycles. The SMILES string of the molecule is Br.CCCCCCN1C=CN(c2ccccc2OC)C1. The van der Waals surface area contributed by atoms with Crippen LogP contribution in [0.5, 0.6) is 5.75 Å². The summed E-state index contributed by atoms with van der Waals surface area (Å²) in [5.41, 5.74) is 1.14. The second kappa shape index (κ2) is 8.90. The van der Waals surface area contributed by atoms with E-state index in [2.05, 4.69) is 41.3 Å². The maximum absolute atomic E-state index is 5.41. The van der Waals surface area contributed by atoms with Crippen molar-refractivity contribution < 1.29 is 4.74 Å². The second-order valence-corrected chi connectivity index (χ2v) is 4.95. The van der Waals surface area contributed by atoms with Gasteiger partial charge in [0.1, 0.15) is 5.75 Å². The van der Waals surface area contributed by atoms with Crippen molar-refractivity contribution in [3.8, 4) is 5.75 Å². The van der Waals surface area contributed by atoms with E-state index < -0.39 is 0 Å². The molecule has 1 aromatic carbocycles. The van der Waals surface area contributed by atoms with E-state index >= 15 is 0 Å². The molecule has 2 rings (SSSR count). The smallest absolute Gasteiger partial charge is 0.142 e. The fourth-order valence-electron chi connectivity index (χ4n) is 2.38. The number of unbranched alkanes of at least 4 members (excludes halogenated alkanes) is 3. The van der Waals surface area contributed by atoms with Gasteiger partial charge in [-0.15, -0.1) is 17.0 Å². The van der Waals surface area contributed by atoms with Crippen LogP contribution in [0, 0.1) is 0 Å². The summed E-state index contributed by atoms with van der Waals surface area (Å²) in [6.45, 7) is 4.31. The Morgan fingerprint density at radius 2 is 1.90 bits per heavy atom. The Morgan fingerprint density at radius 1 is 1.10 bits per heavy atom. The molecule has 0 fully saturated rings. The van der Waals surface area contributed by atoms with Gasteiger partial charge < -0.3 is 14.5 Å². The molecule has 0 atom stereocenters. The molecule has 112 valence electrons. The molecule has 3 nitrogen and oxygen atoms in total. The summed E-state index contributed by atoms with van der Waals surface area (Å²) in [4.78, 5) is 4.60. The molecule has 0 radical (unpaired) electrons. The lowest BCUT2D eigenvalue weighted by molar-refractivity contribution is 0.385. The number of halogens is 1. The van der Waals surface area contributed by atoms with E-state index in [0.29, 0.717) is 0 Å². The van der Waals surface area contributed by atoms with Gasteiger partial charge in [-0.2, -0.15) is 0 Å². The molecule has 0 spiro atoms. The maximum atomic E-state index is 5.41. The average Bonchev–Trinajstić information content (AvgIpc) is 2.92. The molecule has 0 unspecified atom stereocenters. The fourth-order valence-corrected chi connectivity index (χ4v) is 2.38. The Hall–Kier alpha value is -1.16. The number of nitrogens with zero attached hydrogens (tertiary/aromatic N) is 2. The molecule has 20 heavy (non-hydrogen) atoms. The predicted molar refractivity (Wildman–Crippen MR) is 90.7 cm³/mol. The van der Waals surface area contributed by atoms with E-state index in [1.165, 1.54) is 25.7 Å². The lowest BCUT2D eigenvalue weighted by Gasteiger charge is -2.22. The lowest BCUT2D eigenvalue weighted by Crippen LogP contribution is -2.26. The van der Waals surface area contributed by atoms with Crippen LogP contribution in [0.25, 0.3) is 0 Å². The number of benzene rings is 1. The summed E-state index contributed by atoms with van der Waals surface area (Å²) < 4.78 is 5.41. The molecule has 1 aliphatic rings. The van der Waals surface area contributed by atoms with Crippen molar-refractivity contribution >= 4 is 22.7 Å². The van der Waals surface area contributed by atoms with E-state index in [9.17, 15) is 0 Å². The minimum absolute atomic E-state index is 0.